The zero-order valence-corrected chi connectivity index (χ0v) is 13.3. The molecule has 0 N–H and O–H groups in total. The first-order valence-corrected chi connectivity index (χ1v) is 7.63. The zero-order valence-electron chi connectivity index (χ0n) is 11.0. The van der Waals surface area contributed by atoms with Crippen LogP contribution in [0, 0.1) is 0 Å². The third-order valence-corrected chi connectivity index (χ3v) is 3.62. The van der Waals surface area contributed by atoms with Gasteiger partial charge in [0.05, 0.1) is 16.8 Å². The fourth-order valence-corrected chi connectivity index (χ4v) is 2.40. The maximum Gasteiger partial charge on any atom is 0.225 e. The van der Waals surface area contributed by atoms with Crippen LogP contribution in [0.5, 0.6) is 5.88 Å². The molecule has 4 nitrogen and oxygen atoms in total. The van der Waals surface area contributed by atoms with Gasteiger partial charge in [-0.2, -0.15) is 4.98 Å². The summed E-state index contributed by atoms with van der Waals surface area (Å²) in [7, 11) is 0. The van der Waals surface area contributed by atoms with Gasteiger partial charge in [0.25, 0.3) is 0 Å². The topological polar surface area (TPSA) is 47.9 Å². The normalized spacial score (nSPS) is 10.8. The van der Waals surface area contributed by atoms with E-state index in [1.165, 1.54) is 0 Å². The lowest BCUT2D eigenvalue weighted by Crippen LogP contribution is -2.02. The number of hydrogen-bond acceptors (Lipinski definition) is 4. The molecule has 3 aromatic rings. The molecule has 0 aliphatic rings. The van der Waals surface area contributed by atoms with Crippen LogP contribution in [0.1, 0.15) is 11.4 Å². The predicted molar refractivity (Wildman–Crippen MR) is 85.4 cm³/mol. The number of nitrogens with zero attached hydrogens (tertiary/aromatic N) is 3. The molecule has 2 heterocycles. The smallest absolute Gasteiger partial charge is 0.225 e. The molecule has 0 atom stereocenters. The minimum absolute atomic E-state index is 0.245. The Bertz CT molecular complexity index is 767. The second-order valence-corrected chi connectivity index (χ2v) is 5.57. The van der Waals surface area contributed by atoms with Crippen molar-refractivity contribution in [2.45, 2.75) is 12.5 Å². The van der Waals surface area contributed by atoms with E-state index < -0.39 is 0 Å². The Balaban J connectivity index is 1.97. The molecule has 3 rings (SSSR count). The standard InChI is InChI=1S/C15H11BrClN3O/c16-11-3-4-13-12(6-11)15(20-14(7-17)19-13)21-9-10-2-1-5-18-8-10/h1-6,8H,7,9H2. The average molecular weight is 365 g/mol. The molecule has 0 bridgehead atoms. The summed E-state index contributed by atoms with van der Waals surface area (Å²) in [4.78, 5) is 12.8. The van der Waals surface area contributed by atoms with E-state index in [4.69, 9.17) is 16.3 Å². The number of aromatic nitrogens is 3. The number of hydrogen-bond donors (Lipinski definition) is 0. The number of benzene rings is 1. The van der Waals surface area contributed by atoms with Crippen LogP contribution in [-0.2, 0) is 12.5 Å². The van der Waals surface area contributed by atoms with Gasteiger partial charge in [-0.25, -0.2) is 4.98 Å². The van der Waals surface area contributed by atoms with E-state index in [1.807, 2.05) is 30.3 Å². The average Bonchev–Trinajstić information content (AvgIpc) is 2.53. The van der Waals surface area contributed by atoms with Crippen LogP contribution in [0.4, 0.5) is 0 Å². The highest BCUT2D eigenvalue weighted by molar-refractivity contribution is 9.10. The first kappa shape index (κ1) is 14.2. The minimum Gasteiger partial charge on any atom is -0.472 e. The summed E-state index contributed by atoms with van der Waals surface area (Å²) in [6.45, 7) is 0.397. The van der Waals surface area contributed by atoms with Crippen molar-refractivity contribution < 1.29 is 4.74 Å². The highest BCUT2D eigenvalue weighted by Gasteiger charge is 2.09. The second kappa shape index (κ2) is 6.37. The van der Waals surface area contributed by atoms with E-state index in [2.05, 4.69) is 30.9 Å². The Hall–Kier alpha value is -1.72. The predicted octanol–water partition coefficient (Wildman–Crippen LogP) is 4.11. The fourth-order valence-electron chi connectivity index (χ4n) is 1.92. The van der Waals surface area contributed by atoms with Crippen LogP contribution in [0.25, 0.3) is 10.9 Å². The molecule has 2 aromatic heterocycles. The summed E-state index contributed by atoms with van der Waals surface area (Å²) < 4.78 is 6.78. The van der Waals surface area contributed by atoms with E-state index in [9.17, 15) is 0 Å². The van der Waals surface area contributed by atoms with E-state index in [0.29, 0.717) is 18.3 Å². The highest BCUT2D eigenvalue weighted by atomic mass is 79.9. The Morgan fingerprint density at radius 1 is 1.19 bits per heavy atom. The van der Waals surface area contributed by atoms with Gasteiger partial charge in [-0.3, -0.25) is 4.98 Å². The first-order valence-electron chi connectivity index (χ1n) is 6.30. The molecular formula is C15H11BrClN3O. The van der Waals surface area contributed by atoms with Crippen LogP contribution < -0.4 is 4.74 Å². The van der Waals surface area contributed by atoms with E-state index in [1.54, 1.807) is 12.4 Å². The SMILES string of the molecule is ClCc1nc(OCc2cccnc2)c2cc(Br)ccc2n1. The maximum absolute atomic E-state index is 5.85. The third kappa shape index (κ3) is 3.31. The molecule has 1 aromatic carbocycles. The molecule has 21 heavy (non-hydrogen) atoms. The van der Waals surface area contributed by atoms with Gasteiger partial charge in [-0.1, -0.05) is 22.0 Å². The van der Waals surface area contributed by atoms with Crippen molar-refractivity contribution in [3.05, 3.63) is 58.6 Å². The van der Waals surface area contributed by atoms with Gasteiger partial charge < -0.3 is 4.74 Å². The van der Waals surface area contributed by atoms with Crippen LogP contribution in [0.3, 0.4) is 0 Å². The lowest BCUT2D eigenvalue weighted by atomic mass is 10.2. The first-order chi connectivity index (χ1) is 10.3. The number of rotatable bonds is 4. The number of ether oxygens (including phenoxy) is 1. The van der Waals surface area contributed by atoms with Crippen molar-refractivity contribution in [1.82, 2.24) is 15.0 Å². The van der Waals surface area contributed by atoms with Crippen molar-refractivity contribution in [1.29, 1.82) is 0 Å². The highest BCUT2D eigenvalue weighted by Crippen LogP contribution is 2.27. The van der Waals surface area contributed by atoms with Crippen LogP contribution in [-0.4, -0.2) is 15.0 Å². The lowest BCUT2D eigenvalue weighted by molar-refractivity contribution is 0.296. The van der Waals surface area contributed by atoms with Crippen LogP contribution in [0.2, 0.25) is 0 Å². The maximum atomic E-state index is 5.85. The lowest BCUT2D eigenvalue weighted by Gasteiger charge is -2.09. The number of halogens is 2. The molecule has 106 valence electrons. The van der Waals surface area contributed by atoms with Crippen molar-refractivity contribution in [2.24, 2.45) is 0 Å². The van der Waals surface area contributed by atoms with Gasteiger partial charge in [0, 0.05) is 22.4 Å². The van der Waals surface area contributed by atoms with Crippen molar-refractivity contribution in [2.75, 3.05) is 0 Å². The number of alkyl halides is 1. The van der Waals surface area contributed by atoms with E-state index in [0.717, 1.165) is 20.9 Å². The summed E-state index contributed by atoms with van der Waals surface area (Å²) in [5, 5.41) is 0.849. The molecule has 0 saturated carbocycles. The summed E-state index contributed by atoms with van der Waals surface area (Å²) in [6, 6.07) is 9.60. The molecule has 0 unspecified atom stereocenters. The second-order valence-electron chi connectivity index (χ2n) is 4.39. The summed E-state index contributed by atoms with van der Waals surface area (Å²) in [6.07, 6.45) is 3.49. The fraction of sp³-hybridized carbons (Fsp3) is 0.133. The number of pyridine rings is 1. The molecule has 0 amide bonds. The molecule has 0 radical (unpaired) electrons. The van der Waals surface area contributed by atoms with Crippen molar-refractivity contribution in [3.63, 3.8) is 0 Å². The van der Waals surface area contributed by atoms with Crippen molar-refractivity contribution in [3.8, 4) is 5.88 Å². The number of fused-ring (bicyclic) bond motifs is 1. The van der Waals surface area contributed by atoms with Crippen LogP contribution >= 0.6 is 27.5 Å². The monoisotopic (exact) mass is 363 g/mol. The van der Waals surface area contributed by atoms with E-state index in [-0.39, 0.29) is 5.88 Å². The van der Waals surface area contributed by atoms with Crippen LogP contribution in [0.15, 0.2) is 47.2 Å². The van der Waals surface area contributed by atoms with E-state index >= 15 is 0 Å². The Morgan fingerprint density at radius 3 is 2.86 bits per heavy atom. The molecule has 0 aliphatic carbocycles. The van der Waals surface area contributed by atoms with Gasteiger partial charge in [-0.15, -0.1) is 11.6 Å². The molecule has 0 fully saturated rings. The van der Waals surface area contributed by atoms with Gasteiger partial charge in [0.15, 0.2) is 0 Å². The Labute approximate surface area is 135 Å². The quantitative estimate of drug-likeness (QED) is 0.654. The minimum atomic E-state index is 0.245. The zero-order chi connectivity index (χ0) is 14.7. The summed E-state index contributed by atoms with van der Waals surface area (Å²) in [5.41, 5.74) is 1.79. The van der Waals surface area contributed by atoms with Gasteiger partial charge >= 0.3 is 0 Å². The molecule has 6 heteroatoms. The third-order valence-electron chi connectivity index (χ3n) is 2.89. The van der Waals surface area contributed by atoms with Gasteiger partial charge in [0.1, 0.15) is 12.4 Å². The molecule has 0 aliphatic heterocycles. The largest absolute Gasteiger partial charge is 0.472 e. The van der Waals surface area contributed by atoms with Gasteiger partial charge in [-0.05, 0) is 24.3 Å². The summed E-state index contributed by atoms with van der Waals surface area (Å²) in [5.74, 6) is 1.32. The summed E-state index contributed by atoms with van der Waals surface area (Å²) >= 11 is 9.30. The molecule has 0 saturated heterocycles. The molecule has 0 spiro atoms. The molecular weight excluding hydrogens is 354 g/mol. The van der Waals surface area contributed by atoms with Crippen molar-refractivity contribution >= 4 is 38.4 Å². The Kier molecular flexibility index (Phi) is 4.31. The Morgan fingerprint density at radius 2 is 2.10 bits per heavy atom. The van der Waals surface area contributed by atoms with Gasteiger partial charge in [0.2, 0.25) is 5.88 Å².